The minimum Gasteiger partial charge on any atom is -0.341 e. The largest absolute Gasteiger partial charge is 0.436 e. The van der Waals surface area contributed by atoms with Crippen LogP contribution in [0.25, 0.3) is 0 Å². The molecule has 0 radical (unpaired) electrons. The summed E-state index contributed by atoms with van der Waals surface area (Å²) in [6.45, 7) is 0. The summed E-state index contributed by atoms with van der Waals surface area (Å²) in [5.74, 6) is -4.22. The summed E-state index contributed by atoms with van der Waals surface area (Å²) in [5.41, 5.74) is -2.26. The summed E-state index contributed by atoms with van der Waals surface area (Å²) >= 11 is 9.37. The molecular weight excluding hydrogens is 537 g/mol. The van der Waals surface area contributed by atoms with Crippen LogP contribution in [0.15, 0.2) is 47.1 Å². The third-order valence-corrected chi connectivity index (χ3v) is 5.68. The maximum absolute atomic E-state index is 14.4. The number of hydrogen-bond acceptors (Lipinski definition) is 3. The van der Waals surface area contributed by atoms with E-state index in [2.05, 4.69) is 31.5 Å². The van der Waals surface area contributed by atoms with Gasteiger partial charge < -0.3 is 10.6 Å². The maximum atomic E-state index is 14.4. The first kappa shape index (κ1) is 23.1. The lowest BCUT2D eigenvalue weighted by Gasteiger charge is -2.18. The van der Waals surface area contributed by atoms with Gasteiger partial charge in [-0.2, -0.15) is 13.2 Å². The number of rotatable bonds is 3. The number of anilines is 1. The third kappa shape index (κ3) is 4.30. The zero-order valence-corrected chi connectivity index (χ0v) is 18.4. The molecule has 0 aliphatic carbocycles. The Labute approximate surface area is 196 Å². The molecule has 0 fully saturated rings. The van der Waals surface area contributed by atoms with Gasteiger partial charge in [0.05, 0.1) is 11.6 Å². The molecule has 1 atom stereocenters. The van der Waals surface area contributed by atoms with Crippen LogP contribution in [0.2, 0.25) is 5.02 Å². The summed E-state index contributed by atoms with van der Waals surface area (Å²) in [4.78, 5) is 28.2. The Morgan fingerprint density at radius 1 is 1.15 bits per heavy atom. The van der Waals surface area contributed by atoms with E-state index in [1.54, 1.807) is 0 Å². The molecule has 33 heavy (non-hydrogen) atoms. The first-order valence-electron chi connectivity index (χ1n) is 9.09. The average Bonchev–Trinajstić information content (AvgIpc) is 3.05. The molecule has 170 valence electrons. The molecule has 5 nitrogen and oxygen atoms in total. The Morgan fingerprint density at radius 2 is 1.88 bits per heavy atom. The zero-order valence-electron chi connectivity index (χ0n) is 16.0. The van der Waals surface area contributed by atoms with Gasteiger partial charge in [0, 0.05) is 38.1 Å². The summed E-state index contributed by atoms with van der Waals surface area (Å²) in [7, 11) is 0. The van der Waals surface area contributed by atoms with Crippen molar-refractivity contribution in [2.24, 2.45) is 0 Å². The Bertz CT molecular complexity index is 1320. The number of alkyl halides is 3. The summed E-state index contributed by atoms with van der Waals surface area (Å²) in [6.07, 6.45) is -4.44. The highest BCUT2D eigenvalue weighted by Crippen LogP contribution is 2.41. The lowest BCUT2D eigenvalue weighted by atomic mass is 9.96. The van der Waals surface area contributed by atoms with Gasteiger partial charge in [0.1, 0.15) is 5.82 Å². The van der Waals surface area contributed by atoms with Crippen LogP contribution in [0.3, 0.4) is 0 Å². The van der Waals surface area contributed by atoms with E-state index in [9.17, 15) is 31.5 Å². The lowest BCUT2D eigenvalue weighted by molar-refractivity contribution is -0.143. The second kappa shape index (κ2) is 8.38. The number of carbonyl (C=O) groups is 2. The standard InChI is InChI=1S/C21H10BrClF5N3O2/c22-8-5-12-15(17(31-20(12)33)11-7-9(24)1-2-13(11)23)14(6-8)30-19(32)10-3-4-29-18(16(10)25)21(26,27)28/h1-7,17H,(H,30,32)(H,31,33). The van der Waals surface area contributed by atoms with Gasteiger partial charge in [0.2, 0.25) is 0 Å². The molecule has 2 aromatic carbocycles. The zero-order chi connectivity index (χ0) is 24.1. The molecule has 0 spiro atoms. The number of halogens is 7. The number of pyridine rings is 1. The predicted octanol–water partition coefficient (Wildman–Crippen LogP) is 5.88. The molecule has 0 saturated heterocycles. The molecular formula is C21H10BrClF5N3O2. The molecule has 2 amide bonds. The van der Waals surface area contributed by atoms with Crippen LogP contribution in [0.4, 0.5) is 27.6 Å². The highest BCUT2D eigenvalue weighted by molar-refractivity contribution is 9.10. The van der Waals surface area contributed by atoms with E-state index < -0.39 is 46.9 Å². The predicted molar refractivity (Wildman–Crippen MR) is 112 cm³/mol. The SMILES string of the molecule is O=C(Nc1cc(Br)cc2c1C(c1cc(F)ccc1Cl)NC2=O)c1ccnc(C(F)(F)F)c1F. The smallest absolute Gasteiger partial charge is 0.341 e. The van der Waals surface area contributed by atoms with Crippen molar-refractivity contribution in [3.63, 3.8) is 0 Å². The topological polar surface area (TPSA) is 71.1 Å². The van der Waals surface area contributed by atoms with Crippen LogP contribution in [0.5, 0.6) is 0 Å². The van der Waals surface area contributed by atoms with Gasteiger partial charge >= 0.3 is 6.18 Å². The van der Waals surface area contributed by atoms with E-state index in [4.69, 9.17) is 11.6 Å². The maximum Gasteiger partial charge on any atom is 0.436 e. The molecule has 2 N–H and O–H groups in total. The van der Waals surface area contributed by atoms with Gasteiger partial charge in [0.15, 0.2) is 11.5 Å². The van der Waals surface area contributed by atoms with E-state index in [-0.39, 0.29) is 27.4 Å². The molecule has 1 aromatic heterocycles. The number of carbonyl (C=O) groups excluding carboxylic acids is 2. The fourth-order valence-corrected chi connectivity index (χ4v) is 4.16. The quantitative estimate of drug-likeness (QED) is 0.403. The second-order valence-corrected chi connectivity index (χ2v) is 8.28. The lowest BCUT2D eigenvalue weighted by Crippen LogP contribution is -2.22. The summed E-state index contributed by atoms with van der Waals surface area (Å²) < 4.78 is 67.5. The Hall–Kier alpha value is -3.05. The molecule has 4 rings (SSSR count). The Kier molecular flexibility index (Phi) is 5.87. The van der Waals surface area contributed by atoms with Crippen molar-refractivity contribution in [3.8, 4) is 0 Å². The van der Waals surface area contributed by atoms with Crippen LogP contribution in [0, 0.1) is 11.6 Å². The fourth-order valence-electron chi connectivity index (χ4n) is 3.48. The van der Waals surface area contributed by atoms with Crippen LogP contribution in [-0.2, 0) is 6.18 Å². The van der Waals surface area contributed by atoms with Gasteiger partial charge in [-0.25, -0.2) is 13.8 Å². The van der Waals surface area contributed by atoms with E-state index in [0.717, 1.165) is 18.2 Å². The Balaban J connectivity index is 1.80. The number of benzene rings is 2. The number of nitrogens with zero attached hydrogens (tertiary/aromatic N) is 1. The molecule has 1 unspecified atom stereocenters. The van der Waals surface area contributed by atoms with E-state index in [1.165, 1.54) is 18.2 Å². The molecule has 1 aliphatic heterocycles. The minimum atomic E-state index is -5.10. The molecule has 1 aliphatic rings. The number of fused-ring (bicyclic) bond motifs is 1. The third-order valence-electron chi connectivity index (χ3n) is 4.87. The molecule has 0 saturated carbocycles. The van der Waals surface area contributed by atoms with Crippen molar-refractivity contribution in [2.45, 2.75) is 12.2 Å². The molecule has 0 bridgehead atoms. The van der Waals surface area contributed by atoms with Gasteiger partial charge in [-0.15, -0.1) is 0 Å². The van der Waals surface area contributed by atoms with E-state index >= 15 is 0 Å². The Morgan fingerprint density at radius 3 is 2.58 bits per heavy atom. The van der Waals surface area contributed by atoms with Crippen molar-refractivity contribution in [2.75, 3.05) is 5.32 Å². The monoisotopic (exact) mass is 545 g/mol. The fraction of sp³-hybridized carbons (Fsp3) is 0.0952. The van der Waals surface area contributed by atoms with Crippen LogP contribution in [-0.4, -0.2) is 16.8 Å². The van der Waals surface area contributed by atoms with Crippen molar-refractivity contribution < 1.29 is 31.5 Å². The number of nitrogens with one attached hydrogen (secondary N) is 2. The van der Waals surface area contributed by atoms with Crippen LogP contribution in [0.1, 0.15) is 43.6 Å². The average molecular weight is 547 g/mol. The van der Waals surface area contributed by atoms with Crippen molar-refractivity contribution >= 4 is 45.0 Å². The second-order valence-electron chi connectivity index (χ2n) is 6.96. The van der Waals surface area contributed by atoms with Gasteiger partial charge in [0.25, 0.3) is 11.8 Å². The van der Waals surface area contributed by atoms with Gasteiger partial charge in [-0.3, -0.25) is 9.59 Å². The van der Waals surface area contributed by atoms with Crippen molar-refractivity contribution in [1.29, 1.82) is 0 Å². The summed E-state index contributed by atoms with van der Waals surface area (Å²) in [5, 5.41) is 5.10. The highest BCUT2D eigenvalue weighted by atomic mass is 79.9. The van der Waals surface area contributed by atoms with Crippen LogP contribution >= 0.6 is 27.5 Å². The first-order chi connectivity index (χ1) is 15.5. The number of aromatic nitrogens is 1. The number of hydrogen-bond donors (Lipinski definition) is 2. The first-order valence-corrected chi connectivity index (χ1v) is 10.3. The van der Waals surface area contributed by atoms with Crippen molar-refractivity contribution in [3.05, 3.63) is 91.7 Å². The normalized spacial score (nSPS) is 15.2. The van der Waals surface area contributed by atoms with E-state index in [1.807, 2.05) is 0 Å². The van der Waals surface area contributed by atoms with Crippen molar-refractivity contribution in [1.82, 2.24) is 10.3 Å². The van der Waals surface area contributed by atoms with Gasteiger partial charge in [-0.05, 0) is 36.4 Å². The minimum absolute atomic E-state index is 0.0159. The molecule has 2 heterocycles. The van der Waals surface area contributed by atoms with E-state index in [0.29, 0.717) is 10.7 Å². The summed E-state index contributed by atoms with van der Waals surface area (Å²) in [6, 6.07) is 6.16. The highest BCUT2D eigenvalue weighted by Gasteiger charge is 2.38. The molecule has 12 heteroatoms. The van der Waals surface area contributed by atoms with Crippen LogP contribution < -0.4 is 10.6 Å². The number of amides is 2. The van der Waals surface area contributed by atoms with Gasteiger partial charge in [-0.1, -0.05) is 27.5 Å². The molecule has 3 aromatic rings.